The van der Waals surface area contributed by atoms with E-state index in [9.17, 15) is 4.79 Å². The Kier molecular flexibility index (Phi) is 2.01. The summed E-state index contributed by atoms with van der Waals surface area (Å²) < 4.78 is 0. The van der Waals surface area contributed by atoms with E-state index in [1.165, 1.54) is 0 Å². The number of amides is 1. The van der Waals surface area contributed by atoms with Gasteiger partial charge in [0.15, 0.2) is 5.54 Å². The minimum atomic E-state index is -1.02. The Morgan fingerprint density at radius 2 is 1.82 bits per heavy atom. The second-order valence-corrected chi connectivity index (χ2v) is 5.54. The van der Waals surface area contributed by atoms with E-state index in [-0.39, 0.29) is 5.91 Å². The molecule has 104 valence electrons. The van der Waals surface area contributed by atoms with Gasteiger partial charge in [0.2, 0.25) is 0 Å². The fourth-order valence-corrected chi connectivity index (χ4v) is 3.51. The second-order valence-electron chi connectivity index (χ2n) is 5.54. The third kappa shape index (κ3) is 1.21. The molecule has 0 aromatic heterocycles. The zero-order valence-electron chi connectivity index (χ0n) is 11.6. The van der Waals surface area contributed by atoms with Crippen LogP contribution in [0.1, 0.15) is 5.56 Å². The summed E-state index contributed by atoms with van der Waals surface area (Å²) in [4.78, 5) is 22.1. The van der Waals surface area contributed by atoms with Gasteiger partial charge in [-0.25, -0.2) is 4.99 Å². The van der Waals surface area contributed by atoms with Gasteiger partial charge in [-0.05, 0) is 18.2 Å². The fraction of sp³-hybridized carbons (Fsp3) is 0.0556. The van der Waals surface area contributed by atoms with Gasteiger partial charge in [-0.15, -0.1) is 0 Å². The summed E-state index contributed by atoms with van der Waals surface area (Å²) in [5.74, 6) is -0.113. The van der Waals surface area contributed by atoms with E-state index in [1.54, 1.807) is 6.21 Å². The van der Waals surface area contributed by atoms with Crippen molar-refractivity contribution in [2.24, 2.45) is 9.98 Å². The Hall–Kier alpha value is -3.01. The number of allylic oxidation sites excluding steroid dienone is 1. The number of carbonyl (C=O) groups is 1. The monoisotopic (exact) mass is 285 g/mol. The van der Waals surface area contributed by atoms with Gasteiger partial charge in [-0.3, -0.25) is 9.79 Å². The molecule has 4 heteroatoms. The third-order valence-electron chi connectivity index (χ3n) is 4.43. The van der Waals surface area contributed by atoms with Crippen LogP contribution in [0.2, 0.25) is 0 Å². The van der Waals surface area contributed by atoms with Gasteiger partial charge in [0.25, 0.3) is 5.91 Å². The average Bonchev–Trinajstić information content (AvgIpc) is 3.05. The topological polar surface area (TPSA) is 53.8 Å². The standard InChI is InChI=1S/C18H11N3O/c22-17-18(12-6-2-4-8-14(12)21-17)16-11-5-1-3-7-13(11)20-15(16)9-10-19-18/h1-10H,(H,21,22). The molecule has 5 rings (SSSR count). The molecule has 0 radical (unpaired) electrons. The van der Waals surface area contributed by atoms with Crippen LogP contribution < -0.4 is 15.9 Å². The number of nitrogens with one attached hydrogen (secondary N) is 1. The highest BCUT2D eigenvalue weighted by atomic mass is 16.2. The van der Waals surface area contributed by atoms with Crippen molar-refractivity contribution >= 4 is 23.4 Å². The average molecular weight is 285 g/mol. The Morgan fingerprint density at radius 3 is 2.77 bits per heavy atom. The first-order chi connectivity index (χ1) is 10.8. The predicted molar refractivity (Wildman–Crippen MR) is 84.0 cm³/mol. The highest BCUT2D eigenvalue weighted by Crippen LogP contribution is 2.48. The smallest absolute Gasteiger partial charge is 0.261 e. The number of fused-ring (bicyclic) bond motifs is 5. The van der Waals surface area contributed by atoms with Gasteiger partial charge < -0.3 is 5.32 Å². The summed E-state index contributed by atoms with van der Waals surface area (Å²) in [6, 6.07) is 15.6. The maximum atomic E-state index is 12.8. The molecule has 3 aliphatic rings. The molecule has 0 fully saturated rings. The van der Waals surface area contributed by atoms with Crippen LogP contribution in [-0.2, 0) is 10.3 Å². The number of hydrogen-bond donors (Lipinski definition) is 1. The number of benzene rings is 2. The Bertz CT molecular complexity index is 1030. The number of para-hydroxylation sites is 2. The molecule has 0 saturated heterocycles. The molecule has 1 N–H and O–H groups in total. The fourth-order valence-electron chi connectivity index (χ4n) is 3.51. The number of anilines is 1. The summed E-state index contributed by atoms with van der Waals surface area (Å²) in [6.45, 7) is 0. The van der Waals surface area contributed by atoms with Crippen LogP contribution in [0, 0.1) is 0 Å². The van der Waals surface area contributed by atoms with E-state index >= 15 is 0 Å². The highest BCUT2D eigenvalue weighted by Gasteiger charge is 2.52. The van der Waals surface area contributed by atoms with Crippen molar-refractivity contribution in [2.75, 3.05) is 5.32 Å². The van der Waals surface area contributed by atoms with E-state index in [1.807, 2.05) is 54.6 Å². The van der Waals surface area contributed by atoms with E-state index < -0.39 is 5.54 Å². The molecule has 0 saturated carbocycles. The molecule has 0 aliphatic carbocycles. The lowest BCUT2D eigenvalue weighted by atomic mass is 9.80. The first-order valence-corrected chi connectivity index (χ1v) is 7.16. The Balaban J connectivity index is 1.96. The van der Waals surface area contributed by atoms with E-state index in [0.29, 0.717) is 0 Å². The van der Waals surface area contributed by atoms with Crippen LogP contribution in [0.15, 0.2) is 70.3 Å². The van der Waals surface area contributed by atoms with Gasteiger partial charge in [-0.2, -0.15) is 0 Å². The second kappa shape index (κ2) is 3.80. The maximum absolute atomic E-state index is 12.8. The molecular formula is C18H11N3O. The molecular weight excluding hydrogens is 274 g/mol. The lowest BCUT2D eigenvalue weighted by Gasteiger charge is -2.27. The van der Waals surface area contributed by atoms with Gasteiger partial charge >= 0.3 is 0 Å². The van der Waals surface area contributed by atoms with Crippen molar-refractivity contribution in [2.45, 2.75) is 5.54 Å². The van der Waals surface area contributed by atoms with Crippen molar-refractivity contribution in [3.8, 4) is 0 Å². The Labute approximate surface area is 126 Å². The number of rotatable bonds is 0. The van der Waals surface area contributed by atoms with Crippen molar-refractivity contribution in [3.63, 3.8) is 0 Å². The van der Waals surface area contributed by atoms with Crippen LogP contribution >= 0.6 is 0 Å². The number of nitrogens with zero attached hydrogens (tertiary/aromatic N) is 2. The summed E-state index contributed by atoms with van der Waals surface area (Å²) in [6.07, 6.45) is 3.56. The molecule has 2 aromatic rings. The van der Waals surface area contributed by atoms with E-state index in [2.05, 4.69) is 15.3 Å². The number of hydrogen-bond acceptors (Lipinski definition) is 3. The molecule has 1 amide bonds. The first-order valence-electron chi connectivity index (χ1n) is 7.16. The van der Waals surface area contributed by atoms with Gasteiger partial charge in [0.1, 0.15) is 0 Å². The van der Waals surface area contributed by atoms with Gasteiger partial charge in [0, 0.05) is 28.3 Å². The van der Waals surface area contributed by atoms with Crippen molar-refractivity contribution in [3.05, 3.63) is 76.4 Å². The molecule has 1 spiro atoms. The lowest BCUT2D eigenvalue weighted by Crippen LogP contribution is -2.39. The normalized spacial score (nSPS) is 23.5. The predicted octanol–water partition coefficient (Wildman–Crippen LogP) is 1.29. The van der Waals surface area contributed by atoms with Crippen LogP contribution in [0.3, 0.4) is 0 Å². The largest absolute Gasteiger partial charge is 0.323 e. The van der Waals surface area contributed by atoms with Crippen LogP contribution in [-0.4, -0.2) is 12.1 Å². The SMILES string of the molecule is O=C1Nc2ccccc2C12N=CC=C1N=c3ccccc3=C12. The van der Waals surface area contributed by atoms with Crippen molar-refractivity contribution in [1.82, 2.24) is 0 Å². The zero-order chi connectivity index (χ0) is 14.7. The van der Waals surface area contributed by atoms with Crippen molar-refractivity contribution in [1.29, 1.82) is 0 Å². The number of carbonyl (C=O) groups excluding carboxylic acids is 1. The quantitative estimate of drug-likeness (QED) is 0.779. The van der Waals surface area contributed by atoms with E-state index in [4.69, 9.17) is 0 Å². The molecule has 3 heterocycles. The summed E-state index contributed by atoms with van der Waals surface area (Å²) in [5, 5.41) is 4.84. The minimum absolute atomic E-state index is 0.113. The lowest BCUT2D eigenvalue weighted by molar-refractivity contribution is -0.118. The van der Waals surface area contributed by atoms with Crippen molar-refractivity contribution < 1.29 is 4.79 Å². The van der Waals surface area contributed by atoms with Gasteiger partial charge in [0.05, 0.1) is 11.1 Å². The number of dihydropyridines is 1. The highest BCUT2D eigenvalue weighted by molar-refractivity contribution is 6.16. The molecule has 1 unspecified atom stereocenters. The Morgan fingerprint density at radius 1 is 1.00 bits per heavy atom. The molecule has 2 aromatic carbocycles. The van der Waals surface area contributed by atoms with Crippen LogP contribution in [0.25, 0.3) is 5.57 Å². The molecule has 4 nitrogen and oxygen atoms in total. The maximum Gasteiger partial charge on any atom is 0.261 e. The summed E-state index contributed by atoms with van der Waals surface area (Å²) in [7, 11) is 0. The molecule has 3 aliphatic heterocycles. The van der Waals surface area contributed by atoms with Crippen LogP contribution in [0.4, 0.5) is 5.69 Å². The first kappa shape index (κ1) is 11.6. The summed E-state index contributed by atoms with van der Waals surface area (Å²) in [5.41, 5.74) is 2.40. The third-order valence-corrected chi connectivity index (χ3v) is 4.43. The summed E-state index contributed by atoms with van der Waals surface area (Å²) >= 11 is 0. The van der Waals surface area contributed by atoms with E-state index in [0.717, 1.165) is 33.1 Å². The minimum Gasteiger partial charge on any atom is -0.323 e. The molecule has 22 heavy (non-hydrogen) atoms. The zero-order valence-corrected chi connectivity index (χ0v) is 11.6. The number of aliphatic imine (C=N–C) groups is 1. The molecule has 0 bridgehead atoms. The van der Waals surface area contributed by atoms with Gasteiger partial charge in [-0.1, -0.05) is 36.4 Å². The molecule has 1 atom stereocenters. The van der Waals surface area contributed by atoms with Crippen LogP contribution in [0.5, 0.6) is 0 Å².